The number of benzene rings is 2. The lowest BCUT2D eigenvalue weighted by molar-refractivity contribution is -0.113. The first-order valence-corrected chi connectivity index (χ1v) is 9.94. The van der Waals surface area contributed by atoms with Gasteiger partial charge >= 0.3 is 0 Å². The fourth-order valence-electron chi connectivity index (χ4n) is 2.56. The van der Waals surface area contributed by atoms with Crippen molar-refractivity contribution >= 4 is 23.4 Å². The molecule has 1 N–H and O–H groups in total. The molecular formula is C20H21FN4O3S. The number of hydrogen-bond acceptors (Lipinski definition) is 6. The third kappa shape index (κ3) is 5.71. The van der Waals surface area contributed by atoms with Gasteiger partial charge in [0.1, 0.15) is 23.9 Å². The number of carbonyl (C=O) groups is 1. The Bertz CT molecular complexity index is 963. The van der Waals surface area contributed by atoms with Crippen molar-refractivity contribution in [2.75, 3.05) is 18.2 Å². The number of hydrogen-bond donors (Lipinski definition) is 1. The van der Waals surface area contributed by atoms with Gasteiger partial charge in [-0.15, -0.1) is 10.2 Å². The van der Waals surface area contributed by atoms with Gasteiger partial charge in [-0.05, 0) is 43.3 Å². The lowest BCUT2D eigenvalue weighted by atomic mass is 10.3. The fraction of sp³-hybridized carbons (Fsp3) is 0.250. The third-order valence-corrected chi connectivity index (χ3v) is 4.94. The number of anilines is 1. The highest BCUT2D eigenvalue weighted by Crippen LogP contribution is 2.20. The van der Waals surface area contributed by atoms with Crippen LogP contribution in [0.1, 0.15) is 12.7 Å². The highest BCUT2D eigenvalue weighted by atomic mass is 32.2. The van der Waals surface area contributed by atoms with Crippen LogP contribution in [0, 0.1) is 5.82 Å². The molecule has 0 bridgehead atoms. The topological polar surface area (TPSA) is 78.3 Å². The van der Waals surface area contributed by atoms with Gasteiger partial charge in [0.2, 0.25) is 5.91 Å². The Kier molecular flexibility index (Phi) is 7.07. The number of nitrogens with one attached hydrogen (secondary N) is 1. The number of thioether (sulfide) groups is 1. The first kappa shape index (κ1) is 20.7. The Balaban J connectivity index is 1.56. The van der Waals surface area contributed by atoms with Crippen molar-refractivity contribution in [2.45, 2.75) is 25.2 Å². The molecule has 3 rings (SSSR count). The van der Waals surface area contributed by atoms with Crippen LogP contribution in [0.4, 0.5) is 10.1 Å². The Morgan fingerprint density at radius 2 is 1.97 bits per heavy atom. The van der Waals surface area contributed by atoms with E-state index in [0.717, 1.165) is 0 Å². The number of rotatable bonds is 9. The van der Waals surface area contributed by atoms with E-state index < -0.39 is 0 Å². The second-order valence-corrected chi connectivity index (χ2v) is 6.90. The van der Waals surface area contributed by atoms with Gasteiger partial charge in [0, 0.05) is 18.3 Å². The Morgan fingerprint density at radius 3 is 2.69 bits per heavy atom. The SMILES string of the molecule is CCn1c(COc2ccc(F)cc2)nnc1SCC(=O)Nc1cccc(OC)c1. The van der Waals surface area contributed by atoms with Crippen LogP contribution >= 0.6 is 11.8 Å². The van der Waals surface area contributed by atoms with Crippen molar-refractivity contribution in [1.82, 2.24) is 14.8 Å². The van der Waals surface area contributed by atoms with Crippen LogP contribution in [0.25, 0.3) is 0 Å². The molecule has 0 radical (unpaired) electrons. The quantitative estimate of drug-likeness (QED) is 0.535. The molecule has 0 aliphatic rings. The molecule has 9 heteroatoms. The summed E-state index contributed by atoms with van der Waals surface area (Å²) in [5, 5.41) is 11.8. The van der Waals surface area contributed by atoms with Crippen LogP contribution < -0.4 is 14.8 Å². The van der Waals surface area contributed by atoms with Gasteiger partial charge < -0.3 is 19.4 Å². The number of carbonyl (C=O) groups excluding carboxylic acids is 1. The molecule has 0 spiro atoms. The van der Waals surface area contributed by atoms with Crippen LogP contribution in [0.15, 0.2) is 53.7 Å². The van der Waals surface area contributed by atoms with Crippen molar-refractivity contribution in [2.24, 2.45) is 0 Å². The highest BCUT2D eigenvalue weighted by molar-refractivity contribution is 7.99. The molecule has 1 heterocycles. The smallest absolute Gasteiger partial charge is 0.234 e. The van der Waals surface area contributed by atoms with Crippen LogP contribution in [-0.4, -0.2) is 33.5 Å². The Morgan fingerprint density at radius 1 is 1.17 bits per heavy atom. The zero-order valence-corrected chi connectivity index (χ0v) is 16.9. The van der Waals surface area contributed by atoms with Gasteiger partial charge in [-0.25, -0.2) is 4.39 Å². The van der Waals surface area contributed by atoms with Crippen LogP contribution in [-0.2, 0) is 17.9 Å². The molecule has 1 aromatic heterocycles. The summed E-state index contributed by atoms with van der Waals surface area (Å²) in [6.45, 7) is 2.79. The summed E-state index contributed by atoms with van der Waals surface area (Å²) < 4.78 is 25.6. The van der Waals surface area contributed by atoms with E-state index in [9.17, 15) is 9.18 Å². The summed E-state index contributed by atoms with van der Waals surface area (Å²) in [5.41, 5.74) is 0.667. The second kappa shape index (κ2) is 9.92. The highest BCUT2D eigenvalue weighted by Gasteiger charge is 2.14. The third-order valence-electron chi connectivity index (χ3n) is 3.98. The second-order valence-electron chi connectivity index (χ2n) is 5.95. The van der Waals surface area contributed by atoms with E-state index in [-0.39, 0.29) is 24.1 Å². The summed E-state index contributed by atoms with van der Waals surface area (Å²) >= 11 is 1.29. The molecule has 0 saturated heterocycles. The predicted molar refractivity (Wildman–Crippen MR) is 109 cm³/mol. The fourth-order valence-corrected chi connectivity index (χ4v) is 3.38. The van der Waals surface area contributed by atoms with E-state index in [0.29, 0.717) is 34.7 Å². The molecular weight excluding hydrogens is 395 g/mol. The molecule has 0 saturated carbocycles. The molecule has 0 aliphatic carbocycles. The average Bonchev–Trinajstić information content (AvgIpc) is 3.13. The van der Waals surface area contributed by atoms with Crippen molar-refractivity contribution < 1.29 is 18.7 Å². The molecule has 29 heavy (non-hydrogen) atoms. The van der Waals surface area contributed by atoms with E-state index >= 15 is 0 Å². The maximum absolute atomic E-state index is 13.0. The number of methoxy groups -OCH3 is 1. The monoisotopic (exact) mass is 416 g/mol. The van der Waals surface area contributed by atoms with Gasteiger partial charge in [0.25, 0.3) is 0 Å². The molecule has 3 aromatic rings. The number of halogens is 1. The summed E-state index contributed by atoms with van der Waals surface area (Å²) in [4.78, 5) is 12.2. The Labute approximate surface area is 172 Å². The first-order chi connectivity index (χ1) is 14.1. The van der Waals surface area contributed by atoms with Crippen LogP contribution in [0.5, 0.6) is 11.5 Å². The zero-order valence-electron chi connectivity index (χ0n) is 16.1. The summed E-state index contributed by atoms with van der Waals surface area (Å²) in [6, 6.07) is 12.9. The molecule has 2 aromatic carbocycles. The molecule has 152 valence electrons. The number of ether oxygens (including phenoxy) is 2. The largest absolute Gasteiger partial charge is 0.497 e. The van der Waals surface area contributed by atoms with E-state index in [1.54, 1.807) is 31.4 Å². The maximum atomic E-state index is 13.0. The molecule has 0 aliphatic heterocycles. The average molecular weight is 416 g/mol. The molecule has 0 atom stereocenters. The van der Waals surface area contributed by atoms with Gasteiger partial charge in [-0.3, -0.25) is 4.79 Å². The molecule has 1 amide bonds. The van der Waals surface area contributed by atoms with E-state index in [2.05, 4.69) is 15.5 Å². The summed E-state index contributed by atoms with van der Waals surface area (Å²) in [5.74, 6) is 1.56. The minimum Gasteiger partial charge on any atom is -0.497 e. The van der Waals surface area contributed by atoms with E-state index in [1.807, 2.05) is 23.6 Å². The van der Waals surface area contributed by atoms with Gasteiger partial charge in [-0.2, -0.15) is 0 Å². The van der Waals surface area contributed by atoms with E-state index in [1.165, 1.54) is 23.9 Å². The van der Waals surface area contributed by atoms with Crippen LogP contribution in [0.3, 0.4) is 0 Å². The van der Waals surface area contributed by atoms with Gasteiger partial charge in [-0.1, -0.05) is 17.8 Å². The Hall–Kier alpha value is -3.07. The minimum absolute atomic E-state index is 0.155. The van der Waals surface area contributed by atoms with Crippen LogP contribution in [0.2, 0.25) is 0 Å². The summed E-state index contributed by atoms with van der Waals surface area (Å²) in [6.07, 6.45) is 0. The summed E-state index contributed by atoms with van der Waals surface area (Å²) in [7, 11) is 1.58. The normalized spacial score (nSPS) is 10.6. The molecule has 0 unspecified atom stereocenters. The van der Waals surface area contributed by atoms with E-state index in [4.69, 9.17) is 9.47 Å². The van der Waals surface area contributed by atoms with Crippen molar-refractivity contribution in [3.05, 3.63) is 60.2 Å². The van der Waals surface area contributed by atoms with Gasteiger partial charge in [0.05, 0.1) is 12.9 Å². The molecule has 7 nitrogen and oxygen atoms in total. The predicted octanol–water partition coefficient (Wildman–Crippen LogP) is 3.76. The number of amides is 1. The minimum atomic E-state index is -0.319. The van der Waals surface area contributed by atoms with Crippen molar-refractivity contribution in [1.29, 1.82) is 0 Å². The first-order valence-electron chi connectivity index (χ1n) is 8.96. The standard InChI is InChI=1S/C20H21FN4O3S/c1-3-25-18(12-28-16-9-7-14(21)8-10-16)23-24-20(25)29-13-19(26)22-15-5-4-6-17(11-15)27-2/h4-11H,3,12-13H2,1-2H3,(H,22,26). The zero-order chi connectivity index (χ0) is 20.6. The van der Waals surface area contributed by atoms with Crippen molar-refractivity contribution in [3.63, 3.8) is 0 Å². The number of aromatic nitrogens is 3. The number of nitrogens with zero attached hydrogens (tertiary/aromatic N) is 3. The van der Waals surface area contributed by atoms with Crippen molar-refractivity contribution in [3.8, 4) is 11.5 Å². The lowest BCUT2D eigenvalue weighted by Crippen LogP contribution is -2.15. The maximum Gasteiger partial charge on any atom is 0.234 e. The van der Waals surface area contributed by atoms with Gasteiger partial charge in [0.15, 0.2) is 11.0 Å². The molecule has 0 fully saturated rings. The lowest BCUT2D eigenvalue weighted by Gasteiger charge is -2.09.